The molecule has 1 aliphatic rings. The number of aromatic nitrogens is 3. The summed E-state index contributed by atoms with van der Waals surface area (Å²) in [6, 6.07) is 0. The Morgan fingerprint density at radius 2 is 2.31 bits per heavy atom. The number of hydrogen-bond acceptors (Lipinski definition) is 3. The largest absolute Gasteiger partial charge is 0.320 e. The first-order chi connectivity index (χ1) is 6.36. The highest BCUT2D eigenvalue weighted by Crippen LogP contribution is 2.30. The first-order valence-corrected chi connectivity index (χ1v) is 5.85. The Bertz CT molecular complexity index is 266. The van der Waals surface area contributed by atoms with Gasteiger partial charge in [0, 0.05) is 12.3 Å². The predicted octanol–water partition coefficient (Wildman–Crippen LogP) is 1.99. The molecule has 0 saturated heterocycles. The molecule has 1 saturated carbocycles. The fourth-order valence-corrected chi connectivity index (χ4v) is 3.00. The molecule has 1 aromatic rings. The highest BCUT2D eigenvalue weighted by atomic mass is 32.2. The quantitative estimate of drug-likeness (QED) is 0.742. The van der Waals surface area contributed by atoms with E-state index in [-0.39, 0.29) is 0 Å². The summed E-state index contributed by atoms with van der Waals surface area (Å²) >= 11 is 2.03. The summed E-state index contributed by atoms with van der Waals surface area (Å²) < 4.78 is 2.00. The van der Waals surface area contributed by atoms with Gasteiger partial charge in [-0.25, -0.2) is 0 Å². The van der Waals surface area contributed by atoms with Crippen molar-refractivity contribution >= 4 is 11.8 Å². The van der Waals surface area contributed by atoms with E-state index in [0.29, 0.717) is 0 Å². The predicted molar refractivity (Wildman–Crippen MR) is 54.6 cm³/mol. The molecule has 0 N–H and O–H groups in total. The molecule has 1 aliphatic carbocycles. The van der Waals surface area contributed by atoms with Gasteiger partial charge in [-0.3, -0.25) is 0 Å². The molecule has 1 aromatic heterocycles. The van der Waals surface area contributed by atoms with E-state index in [1.54, 1.807) is 6.33 Å². The summed E-state index contributed by atoms with van der Waals surface area (Å²) in [4.78, 5) is 0. The van der Waals surface area contributed by atoms with Crippen molar-refractivity contribution in [2.75, 3.05) is 0 Å². The Balaban J connectivity index is 1.82. The summed E-state index contributed by atoms with van der Waals surface area (Å²) in [5, 5.41) is 8.81. The van der Waals surface area contributed by atoms with Gasteiger partial charge in [-0.05, 0) is 12.8 Å². The van der Waals surface area contributed by atoms with Gasteiger partial charge in [0.2, 0.25) is 0 Å². The highest BCUT2D eigenvalue weighted by Gasteiger charge is 2.15. The summed E-state index contributed by atoms with van der Waals surface area (Å²) in [6.07, 6.45) is 7.38. The van der Waals surface area contributed by atoms with Gasteiger partial charge in [-0.1, -0.05) is 12.8 Å². The Labute approximate surface area is 82.9 Å². The van der Waals surface area contributed by atoms with E-state index >= 15 is 0 Å². The van der Waals surface area contributed by atoms with E-state index in [9.17, 15) is 0 Å². The van der Waals surface area contributed by atoms with Crippen LogP contribution in [0.3, 0.4) is 0 Å². The van der Waals surface area contributed by atoms with Crippen LogP contribution in [-0.4, -0.2) is 20.0 Å². The minimum Gasteiger partial charge on any atom is -0.320 e. The third-order valence-corrected chi connectivity index (χ3v) is 3.92. The standard InChI is InChI=1S/C9H15N3S/c1-12-7-10-11-9(12)6-13-8-4-2-3-5-8/h7-8H,2-6H2,1H3. The second-order valence-corrected chi connectivity index (χ2v) is 4.86. The van der Waals surface area contributed by atoms with Gasteiger partial charge in [-0.15, -0.1) is 10.2 Å². The van der Waals surface area contributed by atoms with Gasteiger partial charge < -0.3 is 4.57 Å². The van der Waals surface area contributed by atoms with Crippen LogP contribution >= 0.6 is 11.8 Å². The van der Waals surface area contributed by atoms with Gasteiger partial charge in [-0.2, -0.15) is 11.8 Å². The lowest BCUT2D eigenvalue weighted by atomic mass is 10.4. The normalized spacial score (nSPS) is 18.2. The zero-order valence-corrected chi connectivity index (χ0v) is 8.76. The summed E-state index contributed by atoms with van der Waals surface area (Å²) in [6.45, 7) is 0. The molecule has 0 aliphatic heterocycles. The van der Waals surface area contributed by atoms with Crippen molar-refractivity contribution < 1.29 is 0 Å². The molecular weight excluding hydrogens is 182 g/mol. The van der Waals surface area contributed by atoms with Crippen LogP contribution in [0, 0.1) is 0 Å². The molecule has 13 heavy (non-hydrogen) atoms. The second kappa shape index (κ2) is 4.13. The zero-order valence-electron chi connectivity index (χ0n) is 7.94. The lowest BCUT2D eigenvalue weighted by molar-refractivity contribution is 0.842. The molecule has 4 heteroatoms. The molecular formula is C9H15N3S. The maximum atomic E-state index is 4.07. The fourth-order valence-electron chi connectivity index (χ4n) is 1.69. The maximum absolute atomic E-state index is 4.07. The maximum Gasteiger partial charge on any atom is 0.142 e. The molecule has 2 rings (SSSR count). The second-order valence-electron chi connectivity index (χ2n) is 3.58. The van der Waals surface area contributed by atoms with Gasteiger partial charge in [0.05, 0.1) is 5.75 Å². The first-order valence-electron chi connectivity index (χ1n) is 4.81. The number of aryl methyl sites for hydroxylation is 1. The Hall–Kier alpha value is -0.510. The lowest BCUT2D eigenvalue weighted by Crippen LogP contribution is -1.99. The van der Waals surface area contributed by atoms with Crippen LogP contribution in [0.5, 0.6) is 0 Å². The first kappa shape index (κ1) is 9.06. The zero-order chi connectivity index (χ0) is 9.10. The van der Waals surface area contributed by atoms with Crippen molar-refractivity contribution in [3.05, 3.63) is 12.2 Å². The van der Waals surface area contributed by atoms with Crippen molar-refractivity contribution in [1.29, 1.82) is 0 Å². The van der Waals surface area contributed by atoms with Gasteiger partial charge in [0.15, 0.2) is 0 Å². The molecule has 0 amide bonds. The van der Waals surface area contributed by atoms with E-state index in [1.807, 2.05) is 23.4 Å². The highest BCUT2D eigenvalue weighted by molar-refractivity contribution is 7.99. The van der Waals surface area contributed by atoms with Crippen LogP contribution in [0.15, 0.2) is 6.33 Å². The van der Waals surface area contributed by atoms with Gasteiger partial charge in [0.1, 0.15) is 12.2 Å². The van der Waals surface area contributed by atoms with Crippen LogP contribution in [0.1, 0.15) is 31.5 Å². The minimum atomic E-state index is 0.872. The van der Waals surface area contributed by atoms with E-state index in [1.165, 1.54) is 25.7 Å². The molecule has 0 bridgehead atoms. The molecule has 0 aromatic carbocycles. The van der Waals surface area contributed by atoms with Crippen molar-refractivity contribution in [2.24, 2.45) is 7.05 Å². The Morgan fingerprint density at radius 3 is 2.92 bits per heavy atom. The summed E-state index contributed by atoms with van der Waals surface area (Å²) in [7, 11) is 2.00. The van der Waals surface area contributed by atoms with E-state index in [4.69, 9.17) is 0 Å². The molecule has 3 nitrogen and oxygen atoms in total. The van der Waals surface area contributed by atoms with Crippen LogP contribution in [0.2, 0.25) is 0 Å². The van der Waals surface area contributed by atoms with Crippen molar-refractivity contribution in [3.63, 3.8) is 0 Å². The van der Waals surface area contributed by atoms with E-state index < -0.39 is 0 Å². The molecule has 0 atom stereocenters. The SMILES string of the molecule is Cn1cnnc1CSC1CCCC1. The van der Waals surface area contributed by atoms with Crippen LogP contribution in [0.4, 0.5) is 0 Å². The lowest BCUT2D eigenvalue weighted by Gasteiger charge is -2.07. The smallest absolute Gasteiger partial charge is 0.142 e. The Morgan fingerprint density at radius 1 is 1.54 bits per heavy atom. The van der Waals surface area contributed by atoms with Crippen LogP contribution in [0.25, 0.3) is 0 Å². The third kappa shape index (κ3) is 2.24. The number of thioether (sulfide) groups is 1. The molecule has 0 radical (unpaired) electrons. The van der Waals surface area contributed by atoms with Crippen molar-refractivity contribution in [3.8, 4) is 0 Å². The van der Waals surface area contributed by atoms with Crippen LogP contribution in [-0.2, 0) is 12.8 Å². The van der Waals surface area contributed by atoms with Crippen molar-refractivity contribution in [1.82, 2.24) is 14.8 Å². The molecule has 1 heterocycles. The molecule has 72 valence electrons. The minimum absolute atomic E-state index is 0.872. The number of nitrogens with zero attached hydrogens (tertiary/aromatic N) is 3. The topological polar surface area (TPSA) is 30.7 Å². The fraction of sp³-hybridized carbons (Fsp3) is 0.778. The summed E-state index contributed by atoms with van der Waals surface area (Å²) in [5.41, 5.74) is 0. The Kier molecular flexibility index (Phi) is 2.88. The number of hydrogen-bond donors (Lipinski definition) is 0. The monoisotopic (exact) mass is 197 g/mol. The van der Waals surface area contributed by atoms with Gasteiger partial charge in [0.25, 0.3) is 0 Å². The van der Waals surface area contributed by atoms with Crippen molar-refractivity contribution in [2.45, 2.75) is 36.7 Å². The number of rotatable bonds is 3. The molecule has 1 fully saturated rings. The average molecular weight is 197 g/mol. The van der Waals surface area contributed by atoms with Crippen LogP contribution < -0.4 is 0 Å². The average Bonchev–Trinajstić information content (AvgIpc) is 2.72. The molecule has 0 spiro atoms. The molecule has 0 unspecified atom stereocenters. The van der Waals surface area contributed by atoms with E-state index in [2.05, 4.69) is 10.2 Å². The van der Waals surface area contributed by atoms with E-state index in [0.717, 1.165) is 16.8 Å². The third-order valence-electron chi connectivity index (χ3n) is 2.56. The van der Waals surface area contributed by atoms with Gasteiger partial charge >= 0.3 is 0 Å². The summed E-state index contributed by atoms with van der Waals surface area (Å²) in [5.74, 6) is 2.11.